The molecular weight excluding hydrogens is 372 g/mol. The Hall–Kier alpha value is -2.78. The van der Waals surface area contributed by atoms with E-state index in [0.29, 0.717) is 11.3 Å². The third kappa shape index (κ3) is 4.24. The quantitative estimate of drug-likeness (QED) is 0.654. The SMILES string of the molecule is Cc1ccc(NS(=O)(=O)c2nnc(NC(=O)c3cccc(C)c3)s2)cc1. The third-order valence-corrected chi connectivity index (χ3v) is 6.03. The molecule has 0 saturated heterocycles. The van der Waals surface area contributed by atoms with Gasteiger partial charge in [-0.25, -0.2) is 0 Å². The maximum atomic E-state index is 12.4. The van der Waals surface area contributed by atoms with E-state index in [2.05, 4.69) is 20.2 Å². The predicted molar refractivity (Wildman–Crippen MR) is 101 cm³/mol. The zero-order valence-electron chi connectivity index (χ0n) is 14.1. The van der Waals surface area contributed by atoms with Crippen LogP contribution in [0.4, 0.5) is 10.8 Å². The number of amides is 1. The molecule has 0 aliphatic heterocycles. The highest BCUT2D eigenvalue weighted by molar-refractivity contribution is 7.94. The maximum Gasteiger partial charge on any atom is 0.291 e. The van der Waals surface area contributed by atoms with Crippen LogP contribution in [-0.4, -0.2) is 24.5 Å². The fourth-order valence-electron chi connectivity index (χ4n) is 2.14. The predicted octanol–water partition coefficient (Wildman–Crippen LogP) is 3.21. The number of aromatic nitrogens is 2. The Kier molecular flexibility index (Phi) is 5.01. The summed E-state index contributed by atoms with van der Waals surface area (Å²) in [7, 11) is -3.87. The number of nitrogens with zero attached hydrogens (tertiary/aromatic N) is 2. The molecule has 134 valence electrons. The monoisotopic (exact) mass is 388 g/mol. The van der Waals surface area contributed by atoms with Crippen LogP contribution in [0.1, 0.15) is 21.5 Å². The van der Waals surface area contributed by atoms with Crippen molar-refractivity contribution < 1.29 is 13.2 Å². The van der Waals surface area contributed by atoms with E-state index in [1.807, 2.05) is 19.9 Å². The van der Waals surface area contributed by atoms with Crippen LogP contribution in [0.2, 0.25) is 0 Å². The van der Waals surface area contributed by atoms with Gasteiger partial charge in [-0.3, -0.25) is 14.8 Å². The molecular formula is C17H16N4O3S2. The fourth-order valence-corrected chi connectivity index (χ4v) is 4.10. The number of hydrogen-bond acceptors (Lipinski definition) is 6. The van der Waals surface area contributed by atoms with E-state index in [1.54, 1.807) is 42.5 Å². The first kappa shape index (κ1) is 18.0. The molecule has 0 aliphatic carbocycles. The molecule has 3 rings (SSSR count). The van der Waals surface area contributed by atoms with Gasteiger partial charge >= 0.3 is 0 Å². The van der Waals surface area contributed by atoms with Crippen molar-refractivity contribution in [3.63, 3.8) is 0 Å². The number of aryl methyl sites for hydroxylation is 2. The Labute approximate surface area is 155 Å². The highest BCUT2D eigenvalue weighted by Crippen LogP contribution is 2.23. The minimum atomic E-state index is -3.87. The van der Waals surface area contributed by atoms with Gasteiger partial charge < -0.3 is 0 Å². The molecule has 0 radical (unpaired) electrons. The first-order valence-electron chi connectivity index (χ1n) is 7.64. The summed E-state index contributed by atoms with van der Waals surface area (Å²) >= 11 is 0.785. The molecule has 0 fully saturated rings. The van der Waals surface area contributed by atoms with E-state index in [1.165, 1.54) is 0 Å². The van der Waals surface area contributed by atoms with Gasteiger partial charge in [-0.05, 0) is 38.1 Å². The summed E-state index contributed by atoms with van der Waals surface area (Å²) in [6.45, 7) is 3.79. The zero-order chi connectivity index (χ0) is 18.7. The number of hydrogen-bond donors (Lipinski definition) is 2. The molecule has 0 aliphatic rings. The van der Waals surface area contributed by atoms with Gasteiger partial charge in [0, 0.05) is 11.3 Å². The Morgan fingerprint density at radius 1 is 1.00 bits per heavy atom. The smallest absolute Gasteiger partial charge is 0.291 e. The lowest BCUT2D eigenvalue weighted by molar-refractivity contribution is 0.102. The van der Waals surface area contributed by atoms with Crippen molar-refractivity contribution in [2.24, 2.45) is 0 Å². The van der Waals surface area contributed by atoms with Crippen LogP contribution in [0, 0.1) is 13.8 Å². The molecule has 1 amide bonds. The lowest BCUT2D eigenvalue weighted by atomic mass is 10.1. The summed E-state index contributed by atoms with van der Waals surface area (Å²) < 4.78 is 27.0. The van der Waals surface area contributed by atoms with Gasteiger partial charge in [-0.2, -0.15) is 8.42 Å². The molecule has 1 heterocycles. The van der Waals surface area contributed by atoms with E-state index in [4.69, 9.17) is 0 Å². The Morgan fingerprint density at radius 3 is 2.42 bits per heavy atom. The molecule has 0 spiro atoms. The summed E-state index contributed by atoms with van der Waals surface area (Å²) in [4.78, 5) is 12.2. The summed E-state index contributed by atoms with van der Waals surface area (Å²) in [5, 5.41) is 10.1. The second-order valence-corrected chi connectivity index (χ2v) is 8.50. The van der Waals surface area contributed by atoms with Crippen molar-refractivity contribution in [1.82, 2.24) is 10.2 Å². The van der Waals surface area contributed by atoms with Crippen molar-refractivity contribution in [3.05, 3.63) is 65.2 Å². The number of carbonyl (C=O) groups excluding carboxylic acids is 1. The molecule has 7 nitrogen and oxygen atoms in total. The van der Waals surface area contributed by atoms with Crippen LogP contribution in [0.15, 0.2) is 52.9 Å². The largest absolute Gasteiger partial charge is 0.296 e. The summed E-state index contributed by atoms with van der Waals surface area (Å²) in [5.74, 6) is -0.375. The lowest BCUT2D eigenvalue weighted by Gasteiger charge is -2.05. The second-order valence-electron chi connectivity index (χ2n) is 5.67. The maximum absolute atomic E-state index is 12.4. The van der Waals surface area contributed by atoms with E-state index in [9.17, 15) is 13.2 Å². The minimum absolute atomic E-state index is 0.112. The Morgan fingerprint density at radius 2 is 1.73 bits per heavy atom. The summed E-state index contributed by atoms with van der Waals surface area (Å²) in [6.07, 6.45) is 0. The van der Waals surface area contributed by atoms with E-state index < -0.39 is 10.0 Å². The van der Waals surface area contributed by atoms with E-state index in [-0.39, 0.29) is 15.4 Å². The lowest BCUT2D eigenvalue weighted by Crippen LogP contribution is -2.12. The summed E-state index contributed by atoms with van der Waals surface area (Å²) in [6, 6.07) is 14.0. The van der Waals surface area contributed by atoms with Gasteiger partial charge in [-0.1, -0.05) is 46.7 Å². The van der Waals surface area contributed by atoms with E-state index >= 15 is 0 Å². The highest BCUT2D eigenvalue weighted by Gasteiger charge is 2.21. The number of nitrogens with one attached hydrogen (secondary N) is 2. The molecule has 2 N–H and O–H groups in total. The zero-order valence-corrected chi connectivity index (χ0v) is 15.7. The van der Waals surface area contributed by atoms with Gasteiger partial charge in [0.25, 0.3) is 20.3 Å². The molecule has 26 heavy (non-hydrogen) atoms. The van der Waals surface area contributed by atoms with Crippen LogP contribution in [-0.2, 0) is 10.0 Å². The molecule has 0 bridgehead atoms. The van der Waals surface area contributed by atoms with Crippen LogP contribution in [0.5, 0.6) is 0 Å². The molecule has 0 saturated carbocycles. The first-order chi connectivity index (χ1) is 12.3. The second kappa shape index (κ2) is 7.22. The van der Waals surface area contributed by atoms with Crippen LogP contribution < -0.4 is 10.0 Å². The summed E-state index contributed by atoms with van der Waals surface area (Å²) in [5.41, 5.74) is 2.85. The number of carbonyl (C=O) groups is 1. The molecule has 2 aromatic carbocycles. The number of sulfonamides is 1. The topological polar surface area (TPSA) is 101 Å². The highest BCUT2D eigenvalue weighted by atomic mass is 32.2. The Balaban J connectivity index is 1.74. The van der Waals surface area contributed by atoms with Crippen molar-refractivity contribution >= 4 is 38.1 Å². The minimum Gasteiger partial charge on any atom is -0.296 e. The first-order valence-corrected chi connectivity index (χ1v) is 9.94. The van der Waals surface area contributed by atoms with Crippen molar-refractivity contribution in [2.75, 3.05) is 10.0 Å². The molecule has 0 unspecified atom stereocenters. The van der Waals surface area contributed by atoms with Crippen LogP contribution >= 0.6 is 11.3 Å². The standard InChI is InChI=1S/C17H16N4O3S2/c1-11-6-8-14(9-7-11)21-26(23,24)17-20-19-16(25-17)18-15(22)13-5-3-4-12(2)10-13/h3-10,21H,1-2H3,(H,18,19,22). The van der Waals surface area contributed by atoms with Crippen LogP contribution in [0.3, 0.4) is 0 Å². The Bertz CT molecular complexity index is 1040. The average Bonchev–Trinajstić information content (AvgIpc) is 3.06. The van der Waals surface area contributed by atoms with Gasteiger partial charge in [0.2, 0.25) is 5.13 Å². The average molecular weight is 388 g/mol. The van der Waals surface area contributed by atoms with Crippen molar-refractivity contribution in [2.45, 2.75) is 18.2 Å². The molecule has 9 heteroatoms. The number of anilines is 2. The number of rotatable bonds is 5. The normalized spacial score (nSPS) is 11.2. The van der Waals surface area contributed by atoms with Crippen molar-refractivity contribution in [3.8, 4) is 0 Å². The fraction of sp³-hybridized carbons (Fsp3) is 0.118. The van der Waals surface area contributed by atoms with Gasteiger partial charge in [-0.15, -0.1) is 10.2 Å². The molecule has 3 aromatic rings. The number of benzene rings is 2. The molecule has 0 atom stereocenters. The van der Waals surface area contributed by atoms with Crippen LogP contribution in [0.25, 0.3) is 0 Å². The van der Waals surface area contributed by atoms with Gasteiger partial charge in [0.1, 0.15) is 0 Å². The van der Waals surface area contributed by atoms with Gasteiger partial charge in [0.15, 0.2) is 0 Å². The van der Waals surface area contributed by atoms with E-state index in [0.717, 1.165) is 22.5 Å². The van der Waals surface area contributed by atoms with Crippen molar-refractivity contribution in [1.29, 1.82) is 0 Å². The molecule has 1 aromatic heterocycles. The van der Waals surface area contributed by atoms with Gasteiger partial charge in [0.05, 0.1) is 0 Å². The third-order valence-electron chi connectivity index (χ3n) is 3.44.